The van der Waals surface area contributed by atoms with Crippen molar-refractivity contribution < 1.29 is 9.53 Å². The number of hydrogen-bond acceptors (Lipinski definition) is 4. The van der Waals surface area contributed by atoms with Crippen LogP contribution in [0.4, 0.5) is 0 Å². The normalized spacial score (nSPS) is 17.3. The van der Waals surface area contributed by atoms with Crippen LogP contribution in [-0.4, -0.2) is 40.0 Å². The Labute approximate surface area is 138 Å². The first kappa shape index (κ1) is 15.6. The molecule has 1 aromatic carbocycles. The third kappa shape index (κ3) is 3.71. The summed E-state index contributed by atoms with van der Waals surface area (Å²) in [5.41, 5.74) is 0.258. The van der Waals surface area contributed by atoms with Crippen molar-refractivity contribution in [2.24, 2.45) is 0 Å². The Bertz CT molecular complexity index is 790. The van der Waals surface area contributed by atoms with Gasteiger partial charge in [0.1, 0.15) is 17.5 Å². The quantitative estimate of drug-likeness (QED) is 0.932. The largest absolute Gasteiger partial charge is 0.488 e. The lowest BCUT2D eigenvalue weighted by Gasteiger charge is -2.17. The number of aromatic amines is 1. The highest BCUT2D eigenvalue weighted by Crippen LogP contribution is 2.22. The maximum atomic E-state index is 12.4. The molecular formula is C16H16ClN3O3. The van der Waals surface area contributed by atoms with E-state index < -0.39 is 5.69 Å². The van der Waals surface area contributed by atoms with E-state index in [-0.39, 0.29) is 17.7 Å². The van der Waals surface area contributed by atoms with Crippen LogP contribution in [-0.2, 0) is 0 Å². The molecule has 1 unspecified atom stereocenters. The fourth-order valence-corrected chi connectivity index (χ4v) is 2.77. The number of ether oxygens (including phenoxy) is 1. The minimum atomic E-state index is -0.515. The minimum Gasteiger partial charge on any atom is -0.488 e. The summed E-state index contributed by atoms with van der Waals surface area (Å²) < 4.78 is 5.85. The zero-order valence-corrected chi connectivity index (χ0v) is 13.3. The summed E-state index contributed by atoms with van der Waals surface area (Å²) in [5, 5.41) is 0.608. The molecule has 1 atom stereocenters. The molecule has 23 heavy (non-hydrogen) atoms. The van der Waals surface area contributed by atoms with Crippen LogP contribution < -0.4 is 10.4 Å². The number of H-pyrrole nitrogens is 1. The molecule has 2 heterocycles. The number of likely N-dealkylation sites (tertiary alicyclic amines) is 1. The lowest BCUT2D eigenvalue weighted by molar-refractivity contribution is 0.0766. The van der Waals surface area contributed by atoms with Crippen molar-refractivity contribution in [3.8, 4) is 5.75 Å². The molecular weight excluding hydrogens is 318 g/mol. The smallest absolute Gasteiger partial charge is 0.345 e. The third-order valence-corrected chi connectivity index (χ3v) is 3.86. The van der Waals surface area contributed by atoms with E-state index in [0.29, 0.717) is 29.6 Å². The van der Waals surface area contributed by atoms with Crippen LogP contribution in [0.3, 0.4) is 0 Å². The molecule has 1 amide bonds. The fourth-order valence-electron chi connectivity index (χ4n) is 2.59. The predicted octanol–water partition coefficient (Wildman–Crippen LogP) is 2.03. The van der Waals surface area contributed by atoms with Crippen LogP contribution in [0.25, 0.3) is 0 Å². The molecule has 0 spiro atoms. The Morgan fingerprint density at radius 3 is 3.00 bits per heavy atom. The van der Waals surface area contributed by atoms with Crippen LogP contribution in [0.15, 0.2) is 35.1 Å². The van der Waals surface area contributed by atoms with Gasteiger partial charge in [-0.15, -0.1) is 0 Å². The maximum Gasteiger partial charge on any atom is 0.345 e. The van der Waals surface area contributed by atoms with Gasteiger partial charge in [-0.2, -0.15) is 4.98 Å². The van der Waals surface area contributed by atoms with Crippen LogP contribution in [0, 0.1) is 6.92 Å². The first-order valence-electron chi connectivity index (χ1n) is 7.31. The number of aryl methyl sites for hydroxylation is 1. The van der Waals surface area contributed by atoms with Gasteiger partial charge in [0.05, 0.1) is 6.54 Å². The number of nitrogens with zero attached hydrogens (tertiary/aromatic N) is 2. The third-order valence-electron chi connectivity index (χ3n) is 3.63. The topological polar surface area (TPSA) is 75.3 Å². The summed E-state index contributed by atoms with van der Waals surface area (Å²) in [6, 6.07) is 8.75. The van der Waals surface area contributed by atoms with Crippen LogP contribution in [0.1, 0.15) is 22.6 Å². The minimum absolute atomic E-state index is 0.0967. The highest BCUT2D eigenvalue weighted by molar-refractivity contribution is 6.30. The van der Waals surface area contributed by atoms with Crippen LogP contribution in [0.5, 0.6) is 5.75 Å². The number of amides is 1. The van der Waals surface area contributed by atoms with E-state index in [1.165, 1.54) is 0 Å². The monoisotopic (exact) mass is 333 g/mol. The number of aromatic nitrogens is 2. The van der Waals surface area contributed by atoms with Gasteiger partial charge in [0.15, 0.2) is 0 Å². The molecule has 120 valence electrons. The first-order chi connectivity index (χ1) is 11.0. The summed E-state index contributed by atoms with van der Waals surface area (Å²) >= 11 is 5.93. The molecule has 0 saturated carbocycles. The second kappa shape index (κ2) is 6.42. The molecule has 0 bridgehead atoms. The molecule has 6 nitrogen and oxygen atoms in total. The van der Waals surface area contributed by atoms with E-state index in [0.717, 1.165) is 6.42 Å². The highest BCUT2D eigenvalue weighted by Gasteiger charge is 2.29. The van der Waals surface area contributed by atoms with Crippen molar-refractivity contribution in [1.82, 2.24) is 14.9 Å². The standard InChI is InChI=1S/C16H16ClN3O3/c1-10-7-14(19-16(22)18-10)15(21)20-6-5-13(9-20)23-12-4-2-3-11(17)8-12/h2-4,7-8,13H,5-6,9H2,1H3,(H,18,19,22). The number of hydrogen-bond donors (Lipinski definition) is 1. The Kier molecular flexibility index (Phi) is 4.34. The van der Waals surface area contributed by atoms with Crippen molar-refractivity contribution in [1.29, 1.82) is 0 Å². The van der Waals surface area contributed by atoms with Gasteiger partial charge in [-0.05, 0) is 31.2 Å². The predicted molar refractivity (Wildman–Crippen MR) is 86.0 cm³/mol. The molecule has 2 aromatic rings. The summed E-state index contributed by atoms with van der Waals surface area (Å²) in [5.74, 6) is 0.429. The molecule has 1 aromatic heterocycles. The maximum absolute atomic E-state index is 12.4. The van der Waals surface area contributed by atoms with E-state index in [2.05, 4.69) is 9.97 Å². The molecule has 1 N–H and O–H groups in total. The van der Waals surface area contributed by atoms with Gasteiger partial charge in [-0.3, -0.25) is 4.79 Å². The number of halogens is 1. The van der Waals surface area contributed by atoms with Crippen molar-refractivity contribution in [3.05, 3.63) is 57.2 Å². The first-order valence-corrected chi connectivity index (χ1v) is 7.68. The zero-order valence-electron chi connectivity index (χ0n) is 12.6. The molecule has 7 heteroatoms. The van der Waals surface area contributed by atoms with Crippen molar-refractivity contribution >= 4 is 17.5 Å². The Hall–Kier alpha value is -2.34. The van der Waals surface area contributed by atoms with Crippen molar-refractivity contribution in [2.45, 2.75) is 19.4 Å². The number of carbonyl (C=O) groups excluding carboxylic acids is 1. The van der Waals surface area contributed by atoms with Crippen molar-refractivity contribution in [3.63, 3.8) is 0 Å². The lowest BCUT2D eigenvalue weighted by atomic mass is 10.3. The van der Waals surface area contributed by atoms with Gasteiger partial charge in [0, 0.05) is 23.7 Å². The molecule has 1 aliphatic rings. The van der Waals surface area contributed by atoms with Crippen LogP contribution >= 0.6 is 11.6 Å². The summed E-state index contributed by atoms with van der Waals surface area (Å²) in [6.07, 6.45) is 0.626. The summed E-state index contributed by atoms with van der Waals surface area (Å²) in [6.45, 7) is 2.74. The zero-order chi connectivity index (χ0) is 16.4. The van der Waals surface area contributed by atoms with Gasteiger partial charge in [-0.1, -0.05) is 17.7 Å². The molecule has 1 saturated heterocycles. The van der Waals surface area contributed by atoms with E-state index in [4.69, 9.17) is 16.3 Å². The second-order valence-electron chi connectivity index (χ2n) is 5.49. The lowest BCUT2D eigenvalue weighted by Crippen LogP contribution is -2.33. The van der Waals surface area contributed by atoms with Gasteiger partial charge < -0.3 is 14.6 Å². The number of carbonyl (C=O) groups is 1. The Morgan fingerprint density at radius 1 is 1.43 bits per heavy atom. The van der Waals surface area contributed by atoms with E-state index in [1.54, 1.807) is 30.0 Å². The van der Waals surface area contributed by atoms with Crippen molar-refractivity contribution in [2.75, 3.05) is 13.1 Å². The number of rotatable bonds is 3. The van der Waals surface area contributed by atoms with E-state index in [9.17, 15) is 9.59 Å². The molecule has 0 radical (unpaired) electrons. The Morgan fingerprint density at radius 2 is 2.26 bits per heavy atom. The van der Waals surface area contributed by atoms with Gasteiger partial charge in [0.2, 0.25) is 0 Å². The average molecular weight is 334 g/mol. The summed E-state index contributed by atoms with van der Waals surface area (Å²) in [7, 11) is 0. The van der Waals surface area contributed by atoms with Gasteiger partial charge in [0.25, 0.3) is 5.91 Å². The summed E-state index contributed by atoms with van der Waals surface area (Å²) in [4.78, 5) is 31.7. The second-order valence-corrected chi connectivity index (χ2v) is 5.93. The molecule has 0 aliphatic carbocycles. The number of benzene rings is 1. The van der Waals surface area contributed by atoms with E-state index in [1.807, 2.05) is 12.1 Å². The molecule has 3 rings (SSSR count). The fraction of sp³-hybridized carbons (Fsp3) is 0.312. The number of nitrogens with one attached hydrogen (secondary N) is 1. The van der Waals surface area contributed by atoms with Crippen LogP contribution in [0.2, 0.25) is 5.02 Å². The highest BCUT2D eigenvalue weighted by atomic mass is 35.5. The molecule has 1 aliphatic heterocycles. The van der Waals surface area contributed by atoms with Gasteiger partial charge >= 0.3 is 5.69 Å². The van der Waals surface area contributed by atoms with Gasteiger partial charge in [-0.25, -0.2) is 4.79 Å². The SMILES string of the molecule is Cc1cc(C(=O)N2CCC(Oc3cccc(Cl)c3)C2)nc(=O)[nH]1. The Balaban J connectivity index is 1.67. The molecule has 1 fully saturated rings. The average Bonchev–Trinajstić information content (AvgIpc) is 2.94. The van der Waals surface area contributed by atoms with E-state index >= 15 is 0 Å².